The first-order valence-corrected chi connectivity index (χ1v) is 14.8. The van der Waals surface area contributed by atoms with Crippen LogP contribution < -0.4 is 13.8 Å². The number of rotatable bonds is 9. The van der Waals surface area contributed by atoms with Crippen LogP contribution in [0.5, 0.6) is 11.5 Å². The Hall–Kier alpha value is -3.38. The molecule has 37 heavy (non-hydrogen) atoms. The minimum absolute atomic E-state index is 0.131. The molecule has 1 atom stereocenters. The quantitative estimate of drug-likeness (QED) is 0.231. The first kappa shape index (κ1) is 26.7. The van der Waals surface area contributed by atoms with E-state index in [0.717, 1.165) is 5.56 Å². The molecule has 0 fully saturated rings. The summed E-state index contributed by atoms with van der Waals surface area (Å²) in [6.45, 7) is 6.93. The highest BCUT2D eigenvalue weighted by Crippen LogP contribution is 2.63. The highest BCUT2D eigenvalue weighted by molar-refractivity contribution is 7.90. The van der Waals surface area contributed by atoms with Crippen LogP contribution in [-0.4, -0.2) is 8.42 Å². The molecule has 4 aromatic carbocycles. The van der Waals surface area contributed by atoms with Crippen molar-refractivity contribution in [3.8, 4) is 11.5 Å². The Morgan fingerprint density at radius 1 is 0.703 bits per heavy atom. The fourth-order valence-electron chi connectivity index (χ4n) is 4.38. The fourth-order valence-corrected chi connectivity index (χ4v) is 8.56. The van der Waals surface area contributed by atoms with Crippen molar-refractivity contribution in [3.05, 3.63) is 125 Å². The van der Waals surface area contributed by atoms with E-state index < -0.39 is 22.9 Å². The monoisotopic (exact) mass is 535 g/mol. The van der Waals surface area contributed by atoms with Crippen LogP contribution in [-0.2, 0) is 19.9 Å². The molecule has 8 heteroatoms. The van der Waals surface area contributed by atoms with Crippen molar-refractivity contribution in [1.29, 1.82) is 0 Å². The van der Waals surface area contributed by atoms with Crippen molar-refractivity contribution in [3.63, 3.8) is 0 Å². The van der Waals surface area contributed by atoms with Crippen LogP contribution in [0.4, 0.5) is 0 Å². The maximum Gasteiger partial charge on any atom is 0.455 e. The second-order valence-electron chi connectivity index (χ2n) is 9.08. The van der Waals surface area contributed by atoms with Gasteiger partial charge < -0.3 is 9.05 Å². The number of hydrogen-bond donors (Lipinski definition) is 1. The van der Waals surface area contributed by atoms with Gasteiger partial charge in [0, 0.05) is 0 Å². The Morgan fingerprint density at radius 2 is 1.11 bits per heavy atom. The molecule has 6 nitrogen and oxygen atoms in total. The molecule has 0 saturated carbocycles. The molecule has 0 radical (unpaired) electrons. The van der Waals surface area contributed by atoms with Gasteiger partial charge in [0.2, 0.25) is 10.0 Å². The van der Waals surface area contributed by atoms with Gasteiger partial charge in [0.15, 0.2) is 5.28 Å². The van der Waals surface area contributed by atoms with E-state index in [-0.39, 0.29) is 16.4 Å². The standard InChI is InChI=1S/C29H30NO5PS/c1-22-20-23(2)28(24(3)21-22)37(32,33)30-29(4,25-14-8-5-9-15-25)36(31,34-26-16-10-6-11-17-26)35-27-18-12-7-13-19-27/h5-21,30H,1-4H3/t29-/m0/s1. The summed E-state index contributed by atoms with van der Waals surface area (Å²) >= 11 is 0. The van der Waals surface area contributed by atoms with Gasteiger partial charge in [-0.3, -0.25) is 0 Å². The zero-order valence-corrected chi connectivity index (χ0v) is 22.9. The smallest absolute Gasteiger partial charge is 0.415 e. The second kappa shape index (κ2) is 10.5. The van der Waals surface area contributed by atoms with E-state index in [2.05, 4.69) is 4.72 Å². The molecule has 192 valence electrons. The lowest BCUT2D eigenvalue weighted by molar-refractivity contribution is 0.337. The summed E-state index contributed by atoms with van der Waals surface area (Å²) in [5, 5.41) is -1.80. The Morgan fingerprint density at radius 3 is 1.54 bits per heavy atom. The zero-order chi connectivity index (χ0) is 26.7. The molecule has 4 rings (SSSR count). The van der Waals surface area contributed by atoms with Crippen LogP contribution >= 0.6 is 7.60 Å². The first-order valence-electron chi connectivity index (χ1n) is 11.8. The molecular weight excluding hydrogens is 505 g/mol. The summed E-state index contributed by atoms with van der Waals surface area (Å²) in [4.78, 5) is 0.131. The predicted molar refractivity (Wildman–Crippen MR) is 147 cm³/mol. The van der Waals surface area contributed by atoms with Crippen LogP contribution in [0.25, 0.3) is 0 Å². The molecule has 1 N–H and O–H groups in total. The van der Waals surface area contributed by atoms with Crippen molar-refractivity contribution in [2.75, 3.05) is 0 Å². The van der Waals surface area contributed by atoms with Gasteiger partial charge in [-0.05, 0) is 68.7 Å². The van der Waals surface area contributed by atoms with Crippen LogP contribution in [0.2, 0.25) is 0 Å². The lowest BCUT2D eigenvalue weighted by Gasteiger charge is -2.37. The Labute approximate surface area is 218 Å². The Balaban J connectivity index is 1.92. The maximum atomic E-state index is 14.9. The van der Waals surface area contributed by atoms with Crippen LogP contribution in [0.15, 0.2) is 108 Å². The van der Waals surface area contributed by atoms with Crippen molar-refractivity contribution < 1.29 is 22.0 Å². The third kappa shape index (κ3) is 5.64. The third-order valence-corrected chi connectivity index (χ3v) is 10.4. The van der Waals surface area contributed by atoms with E-state index in [0.29, 0.717) is 16.7 Å². The normalized spacial score (nSPS) is 13.5. The van der Waals surface area contributed by atoms with Gasteiger partial charge in [0.05, 0.1) is 4.90 Å². The van der Waals surface area contributed by atoms with Gasteiger partial charge in [-0.1, -0.05) is 84.4 Å². The third-order valence-electron chi connectivity index (χ3n) is 6.03. The summed E-state index contributed by atoms with van der Waals surface area (Å²) in [7, 11) is -8.55. The van der Waals surface area contributed by atoms with Crippen LogP contribution in [0.3, 0.4) is 0 Å². The number of nitrogens with one attached hydrogen (secondary N) is 1. The van der Waals surface area contributed by atoms with Gasteiger partial charge in [-0.25, -0.2) is 13.0 Å². The SMILES string of the molecule is Cc1cc(C)c(S(=O)(=O)N[C@](C)(c2ccccc2)P(=O)(Oc2ccccc2)Oc2ccccc2)c(C)c1. The second-order valence-corrected chi connectivity index (χ2v) is 13.0. The molecule has 0 aromatic heterocycles. The molecule has 0 unspecified atom stereocenters. The van der Waals surface area contributed by atoms with Gasteiger partial charge >= 0.3 is 7.60 Å². The van der Waals surface area contributed by atoms with Gasteiger partial charge in [0.25, 0.3) is 0 Å². The zero-order valence-electron chi connectivity index (χ0n) is 21.2. The minimum atomic E-state index is -4.35. The minimum Gasteiger partial charge on any atom is -0.415 e. The molecule has 0 bridgehead atoms. The molecule has 0 saturated heterocycles. The lowest BCUT2D eigenvalue weighted by atomic mass is 10.1. The molecule has 0 aliphatic carbocycles. The number of aryl methyl sites for hydroxylation is 3. The molecule has 0 aliphatic rings. The summed E-state index contributed by atoms with van der Waals surface area (Å²) in [6, 6.07) is 29.5. The molecule has 0 aliphatic heterocycles. The van der Waals surface area contributed by atoms with Crippen molar-refractivity contribution in [1.82, 2.24) is 4.72 Å². The van der Waals surface area contributed by atoms with Crippen molar-refractivity contribution >= 4 is 17.6 Å². The number of para-hydroxylation sites is 2. The first-order chi connectivity index (χ1) is 17.5. The number of benzene rings is 4. The van der Waals surface area contributed by atoms with Crippen molar-refractivity contribution in [2.24, 2.45) is 0 Å². The molecule has 4 aromatic rings. The number of hydrogen-bond acceptors (Lipinski definition) is 5. The average molecular weight is 536 g/mol. The Kier molecular flexibility index (Phi) is 7.60. The Bertz CT molecular complexity index is 1460. The van der Waals surface area contributed by atoms with E-state index in [9.17, 15) is 13.0 Å². The number of sulfonamides is 1. The lowest BCUT2D eigenvalue weighted by Crippen LogP contribution is -2.45. The van der Waals surface area contributed by atoms with E-state index in [4.69, 9.17) is 9.05 Å². The highest BCUT2D eigenvalue weighted by Gasteiger charge is 2.54. The average Bonchev–Trinajstić information content (AvgIpc) is 2.84. The molecule has 0 spiro atoms. The van der Waals surface area contributed by atoms with E-state index in [1.54, 1.807) is 105 Å². The van der Waals surface area contributed by atoms with Gasteiger partial charge in [0.1, 0.15) is 11.5 Å². The van der Waals surface area contributed by atoms with E-state index >= 15 is 0 Å². The van der Waals surface area contributed by atoms with Gasteiger partial charge in [-0.15, -0.1) is 0 Å². The van der Waals surface area contributed by atoms with Crippen molar-refractivity contribution in [2.45, 2.75) is 37.9 Å². The van der Waals surface area contributed by atoms with E-state index in [1.165, 1.54) is 6.92 Å². The predicted octanol–water partition coefficient (Wildman–Crippen LogP) is 7.11. The van der Waals surface area contributed by atoms with Crippen LogP contribution in [0.1, 0.15) is 29.2 Å². The fraction of sp³-hybridized carbons (Fsp3) is 0.172. The summed E-state index contributed by atoms with van der Waals surface area (Å²) in [5.74, 6) is 0.566. The van der Waals surface area contributed by atoms with E-state index in [1.807, 2.05) is 19.1 Å². The van der Waals surface area contributed by atoms with Gasteiger partial charge in [-0.2, -0.15) is 4.72 Å². The highest BCUT2D eigenvalue weighted by atomic mass is 32.2. The summed E-state index contributed by atoms with van der Waals surface area (Å²) in [6.07, 6.45) is 0. The molecule has 0 heterocycles. The largest absolute Gasteiger partial charge is 0.455 e. The topological polar surface area (TPSA) is 81.7 Å². The summed E-state index contributed by atoms with van der Waals surface area (Å²) < 4.78 is 57.8. The van der Waals surface area contributed by atoms with Crippen LogP contribution in [0, 0.1) is 20.8 Å². The summed E-state index contributed by atoms with van der Waals surface area (Å²) in [5.41, 5.74) is 2.55. The maximum absolute atomic E-state index is 14.9. The molecular formula is C29H30NO5PS. The molecule has 0 amide bonds.